The van der Waals surface area contributed by atoms with Gasteiger partial charge in [-0.15, -0.1) is 0 Å². The highest BCUT2D eigenvalue weighted by atomic mass is 16.5. The molecule has 2 atom stereocenters. The summed E-state index contributed by atoms with van der Waals surface area (Å²) in [5, 5.41) is 28.4. The first kappa shape index (κ1) is 18.8. The third-order valence-corrected chi connectivity index (χ3v) is 2.94. The van der Waals surface area contributed by atoms with E-state index >= 15 is 0 Å². The van der Waals surface area contributed by atoms with E-state index in [1.165, 1.54) is 0 Å². The number of amides is 2. The summed E-state index contributed by atoms with van der Waals surface area (Å²) in [6.45, 7) is 1.18. The highest BCUT2D eigenvalue weighted by molar-refractivity contribution is 5.78. The van der Waals surface area contributed by atoms with E-state index in [2.05, 4.69) is 0 Å². The maximum atomic E-state index is 12.1. The molecule has 0 aliphatic carbocycles. The zero-order chi connectivity index (χ0) is 15.5. The molecule has 0 radical (unpaired) electrons. The van der Waals surface area contributed by atoms with Crippen LogP contribution in [-0.4, -0.2) is 63.6 Å². The van der Waals surface area contributed by atoms with Crippen molar-refractivity contribution in [3.05, 3.63) is 0 Å². The maximum Gasteiger partial charge on any atom is 0.241 e. The number of nitrogens with two attached hydrogens (primary N) is 1. The summed E-state index contributed by atoms with van der Waals surface area (Å²) in [6.07, 6.45) is 2.28. The summed E-state index contributed by atoms with van der Waals surface area (Å²) in [7, 11) is 0. The third kappa shape index (κ3) is 7.39. The van der Waals surface area contributed by atoms with Gasteiger partial charge in [0.1, 0.15) is 0 Å². The first-order chi connectivity index (χ1) is 9.46. The molecule has 0 aliphatic heterocycles. The molecule has 2 amide bonds. The van der Waals surface area contributed by atoms with Crippen LogP contribution in [0.15, 0.2) is 0 Å². The number of hydrogen-bond donors (Lipinski definition) is 4. The Morgan fingerprint density at radius 2 is 2.00 bits per heavy atom. The summed E-state index contributed by atoms with van der Waals surface area (Å²) >= 11 is 0. The summed E-state index contributed by atoms with van der Waals surface area (Å²) in [5.74, 6) is 4.43. The van der Waals surface area contributed by atoms with Gasteiger partial charge in [0.2, 0.25) is 12.3 Å². The lowest BCUT2D eigenvalue weighted by atomic mass is 10.00. The normalized spacial score (nSPS) is 13.7. The largest absolute Gasteiger partial charge is 0.394 e. The number of nitrogens with zero attached hydrogens (tertiary/aromatic N) is 2. The van der Waals surface area contributed by atoms with E-state index in [0.717, 1.165) is 24.3 Å². The molecule has 0 aromatic rings. The Morgan fingerprint density at radius 1 is 1.35 bits per heavy atom. The van der Waals surface area contributed by atoms with Crippen molar-refractivity contribution in [1.29, 1.82) is 0 Å². The fourth-order valence-electron chi connectivity index (χ4n) is 1.81. The lowest BCUT2D eigenvalue weighted by Gasteiger charge is -2.26. The highest BCUT2D eigenvalue weighted by Gasteiger charge is 2.25. The number of carbonyl (C=O) groups excluding carboxylic acids is 2. The lowest BCUT2D eigenvalue weighted by molar-refractivity contribution is -0.157. The lowest BCUT2D eigenvalue weighted by Crippen LogP contribution is -2.48. The van der Waals surface area contributed by atoms with E-state index in [4.69, 9.17) is 10.9 Å². The minimum absolute atomic E-state index is 0.144. The molecule has 0 aromatic carbocycles. The minimum Gasteiger partial charge on any atom is -0.394 e. The van der Waals surface area contributed by atoms with Crippen LogP contribution in [-0.2, 0) is 9.59 Å². The van der Waals surface area contributed by atoms with Crippen LogP contribution in [0.25, 0.3) is 0 Å². The Labute approximate surface area is 118 Å². The molecule has 118 valence electrons. The highest BCUT2D eigenvalue weighted by Crippen LogP contribution is 2.13. The number of hydrazine groups is 1. The van der Waals surface area contributed by atoms with Crippen LogP contribution in [0.3, 0.4) is 0 Å². The van der Waals surface area contributed by atoms with Gasteiger partial charge in [-0.05, 0) is 6.42 Å². The second kappa shape index (κ2) is 10.6. The molecule has 20 heavy (non-hydrogen) atoms. The second-order valence-corrected chi connectivity index (χ2v) is 4.75. The van der Waals surface area contributed by atoms with E-state index in [1.807, 2.05) is 6.92 Å². The molecule has 5 N–H and O–H groups in total. The van der Waals surface area contributed by atoms with Crippen molar-refractivity contribution in [3.8, 4) is 0 Å². The molecule has 0 spiro atoms. The van der Waals surface area contributed by atoms with Gasteiger partial charge in [0.05, 0.1) is 31.7 Å². The summed E-state index contributed by atoms with van der Waals surface area (Å²) in [4.78, 5) is 22.5. The van der Waals surface area contributed by atoms with Gasteiger partial charge in [-0.2, -0.15) is 0 Å². The van der Waals surface area contributed by atoms with Crippen molar-refractivity contribution >= 4 is 12.3 Å². The number of aliphatic hydroxyl groups excluding tert-OH is 2. The van der Waals surface area contributed by atoms with Crippen molar-refractivity contribution in [2.75, 3.05) is 19.7 Å². The minimum atomic E-state index is -1.11. The van der Waals surface area contributed by atoms with Gasteiger partial charge in [0.25, 0.3) is 0 Å². The fraction of sp³-hybridized carbons (Fsp3) is 0.833. The molecule has 0 aromatic heterocycles. The Morgan fingerprint density at radius 3 is 2.50 bits per heavy atom. The zero-order valence-electron chi connectivity index (χ0n) is 11.8. The molecule has 8 nitrogen and oxygen atoms in total. The number of unbranched alkanes of at least 4 members (excludes halogenated alkanes) is 2. The van der Waals surface area contributed by atoms with Crippen molar-refractivity contribution in [1.82, 2.24) is 10.1 Å². The average molecular weight is 291 g/mol. The molecule has 0 rings (SSSR count). The molecule has 0 bridgehead atoms. The van der Waals surface area contributed by atoms with Crippen LogP contribution in [0, 0.1) is 5.92 Å². The van der Waals surface area contributed by atoms with Gasteiger partial charge in [0, 0.05) is 0 Å². The molecule has 0 aliphatic rings. The number of rotatable bonds is 11. The quantitative estimate of drug-likeness (QED) is 0.0974. The Kier molecular flexibility index (Phi) is 9.91. The van der Waals surface area contributed by atoms with E-state index < -0.39 is 24.5 Å². The molecule has 0 saturated heterocycles. The van der Waals surface area contributed by atoms with Gasteiger partial charge in [-0.25, -0.2) is 10.9 Å². The van der Waals surface area contributed by atoms with Crippen LogP contribution in [0.2, 0.25) is 0 Å². The van der Waals surface area contributed by atoms with E-state index in [9.17, 15) is 19.9 Å². The first-order valence-corrected chi connectivity index (χ1v) is 6.72. The predicted octanol–water partition coefficient (Wildman–Crippen LogP) is -0.914. The van der Waals surface area contributed by atoms with Crippen molar-refractivity contribution in [2.45, 2.75) is 38.7 Å². The molecule has 0 saturated carbocycles. The molecule has 0 heterocycles. The average Bonchev–Trinajstić information content (AvgIpc) is 2.44. The Balaban J connectivity index is 4.55. The van der Waals surface area contributed by atoms with Gasteiger partial charge < -0.3 is 10.2 Å². The first-order valence-electron chi connectivity index (χ1n) is 6.72. The van der Waals surface area contributed by atoms with Crippen LogP contribution >= 0.6 is 0 Å². The summed E-state index contributed by atoms with van der Waals surface area (Å²) < 4.78 is 0. The van der Waals surface area contributed by atoms with Gasteiger partial charge in [0.15, 0.2) is 0 Å². The third-order valence-electron chi connectivity index (χ3n) is 2.94. The maximum absolute atomic E-state index is 12.1. The number of hydroxylamine groups is 2. The topological polar surface area (TPSA) is 127 Å². The number of aliphatic hydroxyl groups is 2. The van der Waals surface area contributed by atoms with Crippen LogP contribution in [0.5, 0.6) is 0 Å². The number of carbonyl (C=O) groups is 2. The molecule has 8 heteroatoms. The Hall–Kier alpha value is -1.22. The van der Waals surface area contributed by atoms with Crippen LogP contribution in [0.1, 0.15) is 32.6 Å². The smallest absolute Gasteiger partial charge is 0.241 e. The Bertz CT molecular complexity index is 290. The molecular formula is C12H25N3O5. The van der Waals surface area contributed by atoms with Crippen LogP contribution in [0.4, 0.5) is 0 Å². The second-order valence-electron chi connectivity index (χ2n) is 4.75. The predicted molar refractivity (Wildman–Crippen MR) is 71.2 cm³/mol. The standard InChI is InChI=1S/C12H25N3O5/c1-2-3-4-5-10(6-14(20)9-17)12(19)15(13)7-11(18)8-16/h9-11,16,18,20H,2-8,13H2,1H3/t10-,11+/m1/s1. The van der Waals surface area contributed by atoms with Crippen LogP contribution < -0.4 is 5.84 Å². The molecular weight excluding hydrogens is 266 g/mol. The van der Waals surface area contributed by atoms with Gasteiger partial charge >= 0.3 is 0 Å². The summed E-state index contributed by atoms with van der Waals surface area (Å²) in [5.41, 5.74) is 0. The zero-order valence-corrected chi connectivity index (χ0v) is 11.8. The van der Waals surface area contributed by atoms with Gasteiger partial charge in [-0.1, -0.05) is 26.2 Å². The monoisotopic (exact) mass is 291 g/mol. The van der Waals surface area contributed by atoms with E-state index in [1.54, 1.807) is 0 Å². The SMILES string of the molecule is CCCCC[C@H](CN(O)C=O)C(=O)N(N)C[C@H](O)CO. The molecule has 0 fully saturated rings. The van der Waals surface area contributed by atoms with Crippen molar-refractivity contribution in [3.63, 3.8) is 0 Å². The van der Waals surface area contributed by atoms with Gasteiger partial charge in [-0.3, -0.25) is 19.8 Å². The van der Waals surface area contributed by atoms with E-state index in [-0.39, 0.29) is 19.5 Å². The fourth-order valence-corrected chi connectivity index (χ4v) is 1.81. The van der Waals surface area contributed by atoms with Crippen molar-refractivity contribution in [2.24, 2.45) is 11.8 Å². The summed E-state index contributed by atoms with van der Waals surface area (Å²) in [6, 6.07) is 0. The van der Waals surface area contributed by atoms with E-state index in [0.29, 0.717) is 11.5 Å². The van der Waals surface area contributed by atoms with Crippen molar-refractivity contribution < 1.29 is 25.0 Å². The number of hydrogen-bond acceptors (Lipinski definition) is 6. The molecule has 0 unspecified atom stereocenters.